The monoisotopic (exact) mass is 312 g/mol. The Morgan fingerprint density at radius 3 is 2.57 bits per heavy atom. The Morgan fingerprint density at radius 1 is 1.43 bits per heavy atom. The second kappa shape index (κ2) is 5.38. The van der Waals surface area contributed by atoms with E-state index < -0.39 is 15.9 Å². The van der Waals surface area contributed by atoms with Gasteiger partial charge in [-0.1, -0.05) is 0 Å². The van der Waals surface area contributed by atoms with Crippen LogP contribution in [-0.4, -0.2) is 26.3 Å². The lowest BCUT2D eigenvalue weighted by molar-refractivity contribution is 0.0692. The third-order valence-corrected chi connectivity index (χ3v) is 4.26. The van der Waals surface area contributed by atoms with E-state index in [4.69, 9.17) is 14.0 Å². The van der Waals surface area contributed by atoms with Crippen molar-refractivity contribution in [2.45, 2.75) is 24.8 Å². The maximum atomic E-state index is 12.3. The lowest BCUT2D eigenvalue weighted by Gasteiger charge is -2.22. The number of nitrogens with two attached hydrogens (primary N) is 1. The fourth-order valence-electron chi connectivity index (χ4n) is 1.92. The highest BCUT2D eigenvalue weighted by Gasteiger charge is 2.26. The molecule has 0 aliphatic rings. The molecule has 0 aliphatic heterocycles. The molecule has 2 aromatic rings. The number of sulfonamides is 1. The molecule has 0 aliphatic carbocycles. The van der Waals surface area contributed by atoms with Gasteiger partial charge in [0.2, 0.25) is 10.0 Å². The molecule has 2 rings (SSSR count). The van der Waals surface area contributed by atoms with Crippen LogP contribution >= 0.6 is 0 Å². The quantitative estimate of drug-likeness (QED) is 0.924. The van der Waals surface area contributed by atoms with Crippen LogP contribution in [0.25, 0.3) is 0 Å². The first-order valence-electron chi connectivity index (χ1n) is 6.15. The third kappa shape index (κ3) is 3.01. The molecule has 7 nitrogen and oxygen atoms in total. The van der Waals surface area contributed by atoms with Gasteiger partial charge in [0.15, 0.2) is 5.76 Å². The van der Waals surface area contributed by atoms with E-state index in [1.54, 1.807) is 26.1 Å². The van der Waals surface area contributed by atoms with Gasteiger partial charge in [-0.3, -0.25) is 4.79 Å². The van der Waals surface area contributed by atoms with Crippen molar-refractivity contribution >= 4 is 15.9 Å². The molecule has 1 atom stereocenters. The summed E-state index contributed by atoms with van der Waals surface area (Å²) >= 11 is 0. The van der Waals surface area contributed by atoms with E-state index in [1.165, 1.54) is 18.1 Å². The maximum absolute atomic E-state index is 12.3. The van der Waals surface area contributed by atoms with Crippen LogP contribution in [0, 0.1) is 6.92 Å². The predicted octanol–water partition coefficient (Wildman–Crippen LogP) is 1.66. The fraction of sp³-hybridized carbons (Fsp3) is 0.308. The van der Waals surface area contributed by atoms with E-state index in [-0.39, 0.29) is 22.5 Å². The molecule has 114 valence electrons. The summed E-state index contributed by atoms with van der Waals surface area (Å²) in [5, 5.41) is 5.06. The summed E-state index contributed by atoms with van der Waals surface area (Å²) in [6.07, 6.45) is 1.51. The number of carbonyl (C=O) groups is 1. The number of carbonyl (C=O) groups excluding carboxylic acids is 1. The highest BCUT2D eigenvalue weighted by Crippen LogP contribution is 2.24. The smallest absolute Gasteiger partial charge is 0.289 e. The van der Waals surface area contributed by atoms with Crippen molar-refractivity contribution in [1.29, 1.82) is 0 Å². The van der Waals surface area contributed by atoms with Gasteiger partial charge < -0.3 is 13.7 Å². The molecule has 2 heterocycles. The number of nitrogens with zero attached hydrogens (tertiary/aromatic N) is 1. The summed E-state index contributed by atoms with van der Waals surface area (Å²) in [5.41, 5.74) is 0. The van der Waals surface area contributed by atoms with Crippen molar-refractivity contribution in [2.24, 2.45) is 5.14 Å². The van der Waals surface area contributed by atoms with Crippen LogP contribution in [0.5, 0.6) is 0 Å². The molecule has 0 saturated carbocycles. The molecule has 2 aromatic heterocycles. The average molecular weight is 312 g/mol. The summed E-state index contributed by atoms with van der Waals surface area (Å²) in [6, 6.07) is 4.28. The number of hydrogen-bond acceptors (Lipinski definition) is 5. The number of amides is 1. The summed E-state index contributed by atoms with van der Waals surface area (Å²) < 4.78 is 33.2. The van der Waals surface area contributed by atoms with Crippen LogP contribution in [0.2, 0.25) is 0 Å². The van der Waals surface area contributed by atoms with Crippen LogP contribution < -0.4 is 5.14 Å². The maximum Gasteiger partial charge on any atom is 0.289 e. The molecular weight excluding hydrogens is 296 g/mol. The van der Waals surface area contributed by atoms with E-state index in [0.717, 1.165) is 6.07 Å². The minimum Gasteiger partial charge on any atom is -0.467 e. The molecule has 0 spiro atoms. The molecule has 0 radical (unpaired) electrons. The van der Waals surface area contributed by atoms with Gasteiger partial charge in [-0.25, -0.2) is 13.6 Å². The fourth-order valence-corrected chi connectivity index (χ4v) is 2.64. The van der Waals surface area contributed by atoms with E-state index in [0.29, 0.717) is 5.76 Å². The topological polar surface area (TPSA) is 107 Å². The van der Waals surface area contributed by atoms with Crippen LogP contribution in [0.15, 0.2) is 38.2 Å². The van der Waals surface area contributed by atoms with Crippen molar-refractivity contribution in [3.8, 4) is 0 Å². The first-order chi connectivity index (χ1) is 9.71. The molecule has 8 heteroatoms. The first kappa shape index (κ1) is 15.3. The Bertz CT molecular complexity index is 746. The normalized spacial score (nSPS) is 13.1. The van der Waals surface area contributed by atoms with Gasteiger partial charge in [-0.05, 0) is 26.0 Å². The Kier molecular flexibility index (Phi) is 3.93. The molecule has 21 heavy (non-hydrogen) atoms. The van der Waals surface area contributed by atoms with Gasteiger partial charge in [0.1, 0.15) is 16.4 Å². The van der Waals surface area contributed by atoms with Crippen LogP contribution in [0.3, 0.4) is 0 Å². The molecule has 0 fully saturated rings. The standard InChI is InChI=1S/C13H16N2O5S/c1-8(10-5-4-6-19-10)15(3)13(16)11-7-12(9(2)20-11)21(14,17)18/h4-8H,1-3H3,(H2,14,17,18)/t8-/m0/s1. The van der Waals surface area contributed by atoms with Gasteiger partial charge in [0, 0.05) is 13.1 Å². The van der Waals surface area contributed by atoms with Crippen molar-refractivity contribution in [1.82, 2.24) is 4.90 Å². The predicted molar refractivity (Wildman–Crippen MR) is 74.0 cm³/mol. The second-order valence-corrected chi connectivity index (χ2v) is 6.21. The van der Waals surface area contributed by atoms with Gasteiger partial charge in [-0.15, -0.1) is 0 Å². The van der Waals surface area contributed by atoms with Crippen molar-refractivity contribution < 1.29 is 22.0 Å². The van der Waals surface area contributed by atoms with Crippen molar-refractivity contribution in [3.63, 3.8) is 0 Å². The minimum absolute atomic E-state index is 0.0832. The Hall–Kier alpha value is -2.06. The largest absolute Gasteiger partial charge is 0.467 e. The van der Waals surface area contributed by atoms with Crippen LogP contribution in [0.4, 0.5) is 0 Å². The van der Waals surface area contributed by atoms with E-state index >= 15 is 0 Å². The van der Waals surface area contributed by atoms with E-state index in [1.807, 2.05) is 0 Å². The van der Waals surface area contributed by atoms with E-state index in [2.05, 4.69) is 0 Å². The van der Waals surface area contributed by atoms with Gasteiger partial charge in [0.25, 0.3) is 5.91 Å². The molecule has 0 aromatic carbocycles. The number of primary sulfonamides is 1. The molecule has 2 N–H and O–H groups in total. The zero-order chi connectivity index (χ0) is 15.8. The number of hydrogen-bond donors (Lipinski definition) is 1. The molecule has 0 saturated heterocycles. The van der Waals surface area contributed by atoms with Crippen LogP contribution in [-0.2, 0) is 10.0 Å². The van der Waals surface area contributed by atoms with Crippen molar-refractivity contribution in [2.75, 3.05) is 7.05 Å². The lowest BCUT2D eigenvalue weighted by Crippen LogP contribution is -2.29. The summed E-state index contributed by atoms with van der Waals surface area (Å²) in [7, 11) is -2.34. The van der Waals surface area contributed by atoms with E-state index in [9.17, 15) is 13.2 Å². The Labute approximate surface area is 122 Å². The third-order valence-electron chi connectivity index (χ3n) is 3.25. The number of furan rings is 2. The van der Waals surface area contributed by atoms with Gasteiger partial charge in [0.05, 0.1) is 12.3 Å². The van der Waals surface area contributed by atoms with Gasteiger partial charge in [-0.2, -0.15) is 0 Å². The molecule has 0 bridgehead atoms. The van der Waals surface area contributed by atoms with Crippen LogP contribution in [0.1, 0.15) is 35.0 Å². The SMILES string of the molecule is Cc1oc(C(=O)N(C)[C@@H](C)c2ccco2)cc1S(N)(=O)=O. The van der Waals surface area contributed by atoms with Gasteiger partial charge >= 0.3 is 0 Å². The highest BCUT2D eigenvalue weighted by molar-refractivity contribution is 7.89. The second-order valence-electron chi connectivity index (χ2n) is 4.68. The Morgan fingerprint density at radius 2 is 2.10 bits per heavy atom. The molecular formula is C13H16N2O5S. The minimum atomic E-state index is -3.92. The summed E-state index contributed by atoms with van der Waals surface area (Å²) in [5.74, 6) is 0.148. The Balaban J connectivity index is 2.28. The number of rotatable bonds is 4. The summed E-state index contributed by atoms with van der Waals surface area (Å²) in [6.45, 7) is 3.22. The summed E-state index contributed by atoms with van der Waals surface area (Å²) in [4.78, 5) is 13.5. The average Bonchev–Trinajstić information content (AvgIpc) is 3.04. The lowest BCUT2D eigenvalue weighted by atomic mass is 10.2. The molecule has 0 unspecified atom stereocenters. The zero-order valence-electron chi connectivity index (χ0n) is 11.9. The first-order valence-corrected chi connectivity index (χ1v) is 7.70. The highest BCUT2D eigenvalue weighted by atomic mass is 32.2. The number of aryl methyl sites for hydroxylation is 1. The van der Waals surface area contributed by atoms with Crippen molar-refractivity contribution in [3.05, 3.63) is 41.7 Å². The zero-order valence-corrected chi connectivity index (χ0v) is 12.7. The molecule has 1 amide bonds.